The molecule has 166 valence electrons. The Labute approximate surface area is 189 Å². The summed E-state index contributed by atoms with van der Waals surface area (Å²) in [5.74, 6) is 2.02. The lowest BCUT2D eigenvalue weighted by Gasteiger charge is -2.28. The van der Waals surface area contributed by atoms with E-state index in [1.807, 2.05) is 41.3 Å². The van der Waals surface area contributed by atoms with E-state index >= 15 is 0 Å². The van der Waals surface area contributed by atoms with E-state index in [1.54, 1.807) is 18.6 Å². The largest absolute Gasteiger partial charge is 0.399 e. The van der Waals surface area contributed by atoms with Gasteiger partial charge in [-0.1, -0.05) is 45.4 Å². The van der Waals surface area contributed by atoms with Crippen molar-refractivity contribution < 1.29 is 0 Å². The van der Waals surface area contributed by atoms with Crippen LogP contribution in [0.1, 0.15) is 38.2 Å². The zero-order chi connectivity index (χ0) is 22.9. The van der Waals surface area contributed by atoms with Gasteiger partial charge in [0.25, 0.3) is 0 Å². The number of aromatic nitrogens is 3. The first kappa shape index (κ1) is 22.8. The number of unbranched alkanes of at least 4 members (excludes halogenated alkanes) is 3. The quantitative estimate of drug-likeness (QED) is 0.367. The van der Waals surface area contributed by atoms with Crippen LogP contribution in [-0.2, 0) is 0 Å². The summed E-state index contributed by atoms with van der Waals surface area (Å²) in [6.45, 7) is 11.0. The molecule has 0 fully saturated rings. The number of nitrogens with zero attached hydrogens (tertiary/aromatic N) is 4. The summed E-state index contributed by atoms with van der Waals surface area (Å²) in [6, 6.07) is 11.3. The summed E-state index contributed by atoms with van der Waals surface area (Å²) < 4.78 is 0. The topological polar surface area (TPSA) is 106 Å². The maximum atomic E-state index is 6.37. The predicted molar refractivity (Wildman–Crippen MR) is 134 cm³/mol. The Hall–Kier alpha value is -3.87. The summed E-state index contributed by atoms with van der Waals surface area (Å²) in [4.78, 5) is 15.5. The molecule has 7 heteroatoms. The van der Waals surface area contributed by atoms with Gasteiger partial charge >= 0.3 is 0 Å². The van der Waals surface area contributed by atoms with Gasteiger partial charge in [0.15, 0.2) is 5.82 Å². The van der Waals surface area contributed by atoms with Crippen molar-refractivity contribution in [1.29, 1.82) is 0 Å². The van der Waals surface area contributed by atoms with Crippen LogP contribution in [0, 0.1) is 0 Å². The van der Waals surface area contributed by atoms with Crippen molar-refractivity contribution in [2.75, 3.05) is 22.5 Å². The van der Waals surface area contributed by atoms with Gasteiger partial charge in [-0.2, -0.15) is 0 Å². The molecule has 32 heavy (non-hydrogen) atoms. The number of anilines is 3. The Morgan fingerprint density at radius 2 is 1.94 bits per heavy atom. The van der Waals surface area contributed by atoms with Crippen LogP contribution in [-0.4, -0.2) is 21.5 Å². The molecule has 0 aromatic carbocycles. The van der Waals surface area contributed by atoms with Crippen LogP contribution in [0.3, 0.4) is 0 Å². The third-order valence-electron chi connectivity index (χ3n) is 5.06. The minimum atomic E-state index is 0.459. The second-order valence-electron chi connectivity index (χ2n) is 7.60. The number of nitrogens with two attached hydrogens (primary N) is 2. The smallest absolute Gasteiger partial charge is 0.158 e. The van der Waals surface area contributed by atoms with Crippen LogP contribution in [0.15, 0.2) is 74.0 Å². The van der Waals surface area contributed by atoms with Crippen molar-refractivity contribution in [1.82, 2.24) is 15.0 Å². The van der Waals surface area contributed by atoms with Crippen molar-refractivity contribution in [3.63, 3.8) is 0 Å². The molecule has 0 atom stereocenters. The lowest BCUT2D eigenvalue weighted by Crippen LogP contribution is -2.29. The second kappa shape index (κ2) is 10.9. The molecule has 5 N–H and O–H groups in total. The SMILES string of the molecule is C=C(N)c1cncc(-c2ccc(N)c(N(CCCCCC)C(=C)Nc3ccccn3)n2)c1. The molecule has 0 unspecified atom stereocenters. The van der Waals surface area contributed by atoms with Crippen molar-refractivity contribution in [3.05, 3.63) is 79.5 Å². The molecule has 0 radical (unpaired) electrons. The van der Waals surface area contributed by atoms with Crippen LogP contribution in [0.4, 0.5) is 17.3 Å². The summed E-state index contributed by atoms with van der Waals surface area (Å²) >= 11 is 0. The number of nitrogen functional groups attached to an aromatic ring is 1. The molecule has 0 saturated heterocycles. The van der Waals surface area contributed by atoms with E-state index in [9.17, 15) is 0 Å². The molecule has 3 aromatic heterocycles. The highest BCUT2D eigenvalue weighted by Crippen LogP contribution is 2.29. The average Bonchev–Trinajstić information content (AvgIpc) is 2.80. The summed E-state index contributed by atoms with van der Waals surface area (Å²) in [5.41, 5.74) is 15.6. The number of nitrogens with one attached hydrogen (secondary N) is 1. The normalized spacial score (nSPS) is 10.5. The van der Waals surface area contributed by atoms with Gasteiger partial charge in [0, 0.05) is 42.0 Å². The van der Waals surface area contributed by atoms with E-state index < -0.39 is 0 Å². The predicted octanol–water partition coefficient (Wildman–Crippen LogP) is 5.02. The Morgan fingerprint density at radius 3 is 2.66 bits per heavy atom. The van der Waals surface area contributed by atoms with Crippen LogP contribution < -0.4 is 21.7 Å². The van der Waals surface area contributed by atoms with Gasteiger partial charge in [-0.25, -0.2) is 9.97 Å². The molecule has 0 saturated carbocycles. The van der Waals surface area contributed by atoms with Crippen LogP contribution >= 0.6 is 0 Å². The van der Waals surface area contributed by atoms with Crippen LogP contribution in [0.5, 0.6) is 0 Å². The lowest BCUT2D eigenvalue weighted by molar-refractivity contribution is 0.660. The third kappa shape index (κ3) is 5.85. The van der Waals surface area contributed by atoms with Gasteiger partial charge in [0.1, 0.15) is 11.6 Å². The van der Waals surface area contributed by atoms with Crippen molar-refractivity contribution in [2.45, 2.75) is 32.6 Å². The molecule has 0 aliphatic heterocycles. The van der Waals surface area contributed by atoms with Crippen molar-refractivity contribution in [3.8, 4) is 11.3 Å². The molecule has 3 aromatic rings. The highest BCUT2D eigenvalue weighted by Gasteiger charge is 2.17. The Kier molecular flexibility index (Phi) is 7.80. The van der Waals surface area contributed by atoms with E-state index in [2.05, 4.69) is 35.4 Å². The number of pyridine rings is 3. The fraction of sp³-hybridized carbons (Fsp3) is 0.240. The van der Waals surface area contributed by atoms with Gasteiger partial charge in [0.05, 0.1) is 11.4 Å². The van der Waals surface area contributed by atoms with E-state index in [1.165, 1.54) is 12.8 Å². The molecule has 7 nitrogen and oxygen atoms in total. The summed E-state index contributed by atoms with van der Waals surface area (Å²) in [5, 5.41) is 3.28. The van der Waals surface area contributed by atoms with Gasteiger partial charge in [-0.3, -0.25) is 4.98 Å². The van der Waals surface area contributed by atoms with Crippen LogP contribution in [0.25, 0.3) is 17.0 Å². The minimum Gasteiger partial charge on any atom is -0.399 e. The van der Waals surface area contributed by atoms with Crippen LogP contribution in [0.2, 0.25) is 0 Å². The summed E-state index contributed by atoms with van der Waals surface area (Å²) in [7, 11) is 0. The first-order chi connectivity index (χ1) is 15.5. The zero-order valence-corrected chi connectivity index (χ0v) is 18.6. The van der Waals surface area contributed by atoms with Crippen molar-refractivity contribution in [2.24, 2.45) is 5.73 Å². The standard InChI is InChI=1S/C25H31N7/c1-4-5-6-9-14-32(19(3)30-24-10-7-8-13-29-24)25-22(27)11-12-23(31-25)21-15-20(18(2)26)16-28-17-21/h7-8,10-13,15-17H,2-6,9,14,26-27H2,1H3,(H,29,30). The van der Waals surface area contributed by atoms with E-state index in [0.29, 0.717) is 28.8 Å². The monoisotopic (exact) mass is 429 g/mol. The molecule has 0 aliphatic rings. The zero-order valence-electron chi connectivity index (χ0n) is 18.6. The minimum absolute atomic E-state index is 0.459. The fourth-order valence-corrected chi connectivity index (χ4v) is 3.31. The molecule has 3 heterocycles. The fourth-order valence-electron chi connectivity index (χ4n) is 3.31. The molecular weight excluding hydrogens is 398 g/mol. The highest BCUT2D eigenvalue weighted by molar-refractivity contribution is 5.73. The van der Waals surface area contributed by atoms with Gasteiger partial charge in [-0.05, 0) is 36.8 Å². The summed E-state index contributed by atoms with van der Waals surface area (Å²) in [6.07, 6.45) is 9.63. The maximum Gasteiger partial charge on any atom is 0.158 e. The molecule has 3 rings (SSSR count). The molecule has 0 spiro atoms. The second-order valence-corrected chi connectivity index (χ2v) is 7.60. The van der Waals surface area contributed by atoms with E-state index in [-0.39, 0.29) is 0 Å². The average molecular weight is 430 g/mol. The molecule has 0 bridgehead atoms. The Morgan fingerprint density at radius 1 is 1.09 bits per heavy atom. The molecule has 0 aliphatic carbocycles. The lowest BCUT2D eigenvalue weighted by atomic mass is 10.1. The van der Waals surface area contributed by atoms with Gasteiger partial charge in [0.2, 0.25) is 0 Å². The number of hydrogen-bond donors (Lipinski definition) is 3. The van der Waals surface area contributed by atoms with Crippen molar-refractivity contribution >= 4 is 23.0 Å². The van der Waals surface area contributed by atoms with E-state index in [4.69, 9.17) is 16.5 Å². The third-order valence-corrected chi connectivity index (χ3v) is 5.06. The molecule has 0 amide bonds. The first-order valence-electron chi connectivity index (χ1n) is 10.8. The van der Waals surface area contributed by atoms with Gasteiger partial charge < -0.3 is 21.7 Å². The first-order valence-corrected chi connectivity index (χ1v) is 10.8. The highest BCUT2D eigenvalue weighted by atomic mass is 15.3. The van der Waals surface area contributed by atoms with Gasteiger partial charge in [-0.15, -0.1) is 0 Å². The maximum absolute atomic E-state index is 6.37. The molecular formula is C25H31N7. The van der Waals surface area contributed by atoms with E-state index in [0.717, 1.165) is 36.2 Å². The number of rotatable bonds is 11. The number of hydrogen-bond acceptors (Lipinski definition) is 7. The Bertz CT molecular complexity index is 1060. The Balaban J connectivity index is 1.93.